The van der Waals surface area contributed by atoms with E-state index in [1.165, 1.54) is 0 Å². The van der Waals surface area contributed by atoms with Crippen LogP contribution in [0.3, 0.4) is 0 Å². The highest BCUT2D eigenvalue weighted by Crippen LogP contribution is 2.30. The minimum atomic E-state index is -0.266. The fourth-order valence-corrected chi connectivity index (χ4v) is 2.59. The topological polar surface area (TPSA) is 38.9 Å². The van der Waals surface area contributed by atoms with Crippen molar-refractivity contribution < 1.29 is 0 Å². The van der Waals surface area contributed by atoms with Crippen LogP contribution in [0.4, 0.5) is 0 Å². The molecule has 1 heterocycles. The first-order valence-electron chi connectivity index (χ1n) is 6.21. The maximum absolute atomic E-state index is 6.37. The molecule has 0 aliphatic carbocycles. The maximum Gasteiger partial charge on any atom is 0.0705 e. The van der Waals surface area contributed by atoms with Crippen molar-refractivity contribution in [2.75, 3.05) is 0 Å². The third-order valence-corrected chi connectivity index (χ3v) is 4.06. The second kappa shape index (κ2) is 5.41. The lowest BCUT2D eigenvalue weighted by molar-refractivity contribution is 0.880. The summed E-state index contributed by atoms with van der Waals surface area (Å²) >= 11 is 12.0. The summed E-state index contributed by atoms with van der Waals surface area (Å²) in [4.78, 5) is 4.35. The average molecular weight is 303 g/mol. The molecule has 100 valence electrons. The molecular formula is C16H12Cl2N2. The number of nitrogens with zero attached hydrogens (tertiary/aromatic N) is 1. The fourth-order valence-electron chi connectivity index (χ4n) is 2.28. The molecule has 20 heavy (non-hydrogen) atoms. The molecule has 1 aromatic heterocycles. The zero-order chi connectivity index (χ0) is 14.1. The molecule has 0 aliphatic heterocycles. The van der Waals surface area contributed by atoms with Crippen molar-refractivity contribution in [1.82, 2.24) is 4.98 Å². The highest BCUT2D eigenvalue weighted by atomic mass is 35.5. The lowest BCUT2D eigenvalue weighted by atomic mass is 9.96. The van der Waals surface area contributed by atoms with E-state index in [0.29, 0.717) is 10.0 Å². The highest BCUT2D eigenvalue weighted by Gasteiger charge is 2.13. The smallest absolute Gasteiger partial charge is 0.0705 e. The SMILES string of the molecule is NC(c1ccc(Cl)c(Cl)c1)c1cccc2ncccc12. The molecule has 3 aromatic rings. The maximum atomic E-state index is 6.37. The Morgan fingerprint density at radius 1 is 0.950 bits per heavy atom. The van der Waals surface area contributed by atoms with E-state index in [0.717, 1.165) is 22.0 Å². The molecule has 4 heteroatoms. The van der Waals surface area contributed by atoms with Gasteiger partial charge in [-0.1, -0.05) is 47.5 Å². The Hall–Kier alpha value is -1.61. The number of rotatable bonds is 2. The van der Waals surface area contributed by atoms with Gasteiger partial charge in [0.2, 0.25) is 0 Å². The molecule has 0 aliphatic rings. The molecule has 0 spiro atoms. The van der Waals surface area contributed by atoms with Gasteiger partial charge in [-0.25, -0.2) is 0 Å². The molecule has 0 amide bonds. The van der Waals surface area contributed by atoms with E-state index >= 15 is 0 Å². The van der Waals surface area contributed by atoms with Gasteiger partial charge in [-0.05, 0) is 35.4 Å². The molecule has 0 radical (unpaired) electrons. The number of hydrogen-bond donors (Lipinski definition) is 1. The van der Waals surface area contributed by atoms with E-state index in [1.807, 2.05) is 42.5 Å². The van der Waals surface area contributed by atoms with Gasteiger partial charge >= 0.3 is 0 Å². The molecule has 2 N–H and O–H groups in total. The van der Waals surface area contributed by atoms with Crippen LogP contribution in [0.1, 0.15) is 17.2 Å². The largest absolute Gasteiger partial charge is 0.320 e. The van der Waals surface area contributed by atoms with Crippen molar-refractivity contribution in [2.45, 2.75) is 6.04 Å². The summed E-state index contributed by atoms with van der Waals surface area (Å²) in [7, 11) is 0. The van der Waals surface area contributed by atoms with Crippen molar-refractivity contribution in [1.29, 1.82) is 0 Å². The van der Waals surface area contributed by atoms with E-state index in [-0.39, 0.29) is 6.04 Å². The molecule has 1 unspecified atom stereocenters. The first kappa shape index (κ1) is 13.4. The van der Waals surface area contributed by atoms with Gasteiger partial charge in [-0.3, -0.25) is 4.98 Å². The van der Waals surface area contributed by atoms with Crippen LogP contribution in [-0.4, -0.2) is 4.98 Å². The number of halogens is 2. The van der Waals surface area contributed by atoms with E-state index in [4.69, 9.17) is 28.9 Å². The van der Waals surface area contributed by atoms with Gasteiger partial charge in [0.25, 0.3) is 0 Å². The predicted octanol–water partition coefficient (Wildman–Crippen LogP) is 4.59. The Morgan fingerprint density at radius 2 is 1.80 bits per heavy atom. The third-order valence-electron chi connectivity index (χ3n) is 3.32. The summed E-state index contributed by atoms with van der Waals surface area (Å²) in [6.07, 6.45) is 1.77. The summed E-state index contributed by atoms with van der Waals surface area (Å²) in [5.41, 5.74) is 9.25. The molecule has 1 atom stereocenters. The third kappa shape index (κ3) is 2.38. The first-order chi connectivity index (χ1) is 9.66. The first-order valence-corrected chi connectivity index (χ1v) is 6.96. The lowest BCUT2D eigenvalue weighted by Gasteiger charge is -2.15. The van der Waals surface area contributed by atoms with Gasteiger partial charge in [-0.15, -0.1) is 0 Å². The number of aromatic nitrogens is 1. The van der Waals surface area contributed by atoms with E-state index < -0.39 is 0 Å². The van der Waals surface area contributed by atoms with Crippen LogP contribution in [0.2, 0.25) is 10.0 Å². The van der Waals surface area contributed by atoms with Gasteiger partial charge in [0.1, 0.15) is 0 Å². The number of pyridine rings is 1. The van der Waals surface area contributed by atoms with Crippen LogP contribution in [0, 0.1) is 0 Å². The molecule has 0 saturated carbocycles. The number of hydrogen-bond acceptors (Lipinski definition) is 2. The Labute approximate surface area is 127 Å². The summed E-state index contributed by atoms with van der Waals surface area (Å²) in [6.45, 7) is 0. The Kier molecular flexibility index (Phi) is 3.62. The molecule has 2 aromatic carbocycles. The Morgan fingerprint density at radius 3 is 2.60 bits per heavy atom. The normalized spacial score (nSPS) is 12.6. The monoisotopic (exact) mass is 302 g/mol. The standard InChI is InChI=1S/C16H12Cl2N2/c17-13-7-6-10(9-14(13)18)16(19)12-3-1-5-15-11(12)4-2-8-20-15/h1-9,16H,19H2. The van der Waals surface area contributed by atoms with Gasteiger partial charge in [0, 0.05) is 11.6 Å². The van der Waals surface area contributed by atoms with Gasteiger partial charge < -0.3 is 5.73 Å². The Balaban J connectivity index is 2.12. The summed E-state index contributed by atoms with van der Waals surface area (Å²) in [5, 5.41) is 2.09. The zero-order valence-corrected chi connectivity index (χ0v) is 12.1. The lowest BCUT2D eigenvalue weighted by Crippen LogP contribution is -2.12. The minimum Gasteiger partial charge on any atom is -0.320 e. The number of nitrogens with two attached hydrogens (primary N) is 1. The van der Waals surface area contributed by atoms with Crippen molar-refractivity contribution in [3.8, 4) is 0 Å². The van der Waals surface area contributed by atoms with Crippen molar-refractivity contribution in [3.63, 3.8) is 0 Å². The van der Waals surface area contributed by atoms with Crippen LogP contribution in [-0.2, 0) is 0 Å². The quantitative estimate of drug-likeness (QED) is 0.752. The summed E-state index contributed by atoms with van der Waals surface area (Å²) in [5.74, 6) is 0. The van der Waals surface area contributed by atoms with Crippen LogP contribution in [0.15, 0.2) is 54.7 Å². The summed E-state index contributed by atoms with van der Waals surface area (Å²) < 4.78 is 0. The van der Waals surface area contributed by atoms with Gasteiger partial charge in [0.15, 0.2) is 0 Å². The van der Waals surface area contributed by atoms with Crippen LogP contribution in [0.25, 0.3) is 10.9 Å². The van der Waals surface area contributed by atoms with Crippen molar-refractivity contribution >= 4 is 34.1 Å². The molecule has 0 saturated heterocycles. The van der Waals surface area contributed by atoms with Gasteiger partial charge in [-0.2, -0.15) is 0 Å². The Bertz CT molecular complexity index is 766. The van der Waals surface area contributed by atoms with Crippen LogP contribution < -0.4 is 5.73 Å². The molecular weight excluding hydrogens is 291 g/mol. The van der Waals surface area contributed by atoms with E-state index in [1.54, 1.807) is 12.3 Å². The number of benzene rings is 2. The average Bonchev–Trinajstić information content (AvgIpc) is 2.49. The predicted molar refractivity (Wildman–Crippen MR) is 84.2 cm³/mol. The molecule has 3 rings (SSSR count). The summed E-state index contributed by atoms with van der Waals surface area (Å²) in [6, 6.07) is 15.1. The highest BCUT2D eigenvalue weighted by molar-refractivity contribution is 6.42. The van der Waals surface area contributed by atoms with Crippen molar-refractivity contribution in [2.24, 2.45) is 5.73 Å². The van der Waals surface area contributed by atoms with Crippen molar-refractivity contribution in [3.05, 3.63) is 75.9 Å². The van der Waals surface area contributed by atoms with Gasteiger partial charge in [0.05, 0.1) is 21.6 Å². The minimum absolute atomic E-state index is 0.266. The second-order valence-electron chi connectivity index (χ2n) is 4.57. The van der Waals surface area contributed by atoms with E-state index in [9.17, 15) is 0 Å². The zero-order valence-electron chi connectivity index (χ0n) is 10.6. The molecule has 0 bridgehead atoms. The van der Waals surface area contributed by atoms with E-state index in [2.05, 4.69) is 4.98 Å². The van der Waals surface area contributed by atoms with Crippen LogP contribution >= 0.6 is 23.2 Å². The second-order valence-corrected chi connectivity index (χ2v) is 5.38. The van der Waals surface area contributed by atoms with Crippen LogP contribution in [0.5, 0.6) is 0 Å². The number of fused-ring (bicyclic) bond motifs is 1. The fraction of sp³-hybridized carbons (Fsp3) is 0.0625. The molecule has 2 nitrogen and oxygen atoms in total. The molecule has 0 fully saturated rings.